The van der Waals surface area contributed by atoms with Crippen LogP contribution in [0.15, 0.2) is 0 Å². The number of aliphatic carboxylic acids is 1. The monoisotopic (exact) mass is 281 g/mol. The molecule has 0 aromatic rings. The number of thioether (sulfide) groups is 1. The predicted octanol–water partition coefficient (Wildman–Crippen LogP) is -1.06. The Morgan fingerprint density at radius 1 is 1.44 bits per heavy atom. The first-order valence-electron chi connectivity index (χ1n) is 5.36. The molecular formula is C10H19NO6S. The third kappa shape index (κ3) is 9.23. The zero-order valence-corrected chi connectivity index (χ0v) is 11.0. The highest BCUT2D eigenvalue weighted by Gasteiger charge is 2.16. The van der Waals surface area contributed by atoms with Crippen LogP contribution in [-0.2, 0) is 19.1 Å². The number of carboxylic acid groups (broad SMARTS) is 1. The summed E-state index contributed by atoms with van der Waals surface area (Å²) in [6, 6.07) is -0.936. The molecule has 0 aromatic heterocycles. The van der Waals surface area contributed by atoms with Crippen molar-refractivity contribution in [1.29, 1.82) is 0 Å². The van der Waals surface area contributed by atoms with Crippen LogP contribution in [0.4, 0.5) is 0 Å². The molecule has 8 heteroatoms. The zero-order valence-electron chi connectivity index (χ0n) is 10.2. The first-order chi connectivity index (χ1) is 8.61. The van der Waals surface area contributed by atoms with Crippen LogP contribution in [0.25, 0.3) is 0 Å². The number of hydrogen-bond donors (Lipinski definition) is 3. The van der Waals surface area contributed by atoms with Gasteiger partial charge in [-0.3, -0.25) is 4.79 Å². The Hall–Kier alpha value is -0.830. The number of aliphatic hydroxyl groups excluding tert-OH is 1. The van der Waals surface area contributed by atoms with Gasteiger partial charge in [0.1, 0.15) is 6.04 Å². The Morgan fingerprint density at radius 3 is 2.72 bits per heavy atom. The average Bonchev–Trinajstić information content (AvgIpc) is 2.33. The van der Waals surface area contributed by atoms with Crippen molar-refractivity contribution < 1.29 is 29.3 Å². The SMILES string of the molecule is COCCOCC(O)CSCC(NC=O)C(=O)O. The van der Waals surface area contributed by atoms with E-state index in [-0.39, 0.29) is 12.4 Å². The maximum atomic E-state index is 10.7. The van der Waals surface area contributed by atoms with Crippen molar-refractivity contribution >= 4 is 24.1 Å². The number of methoxy groups -OCH3 is 1. The molecule has 106 valence electrons. The summed E-state index contributed by atoms with van der Waals surface area (Å²) in [5.74, 6) is -0.555. The van der Waals surface area contributed by atoms with Gasteiger partial charge < -0.3 is 25.0 Å². The Bertz CT molecular complexity index is 240. The van der Waals surface area contributed by atoms with Crippen LogP contribution in [0.5, 0.6) is 0 Å². The van der Waals surface area contributed by atoms with E-state index in [9.17, 15) is 14.7 Å². The van der Waals surface area contributed by atoms with Gasteiger partial charge in [-0.25, -0.2) is 4.79 Å². The number of aliphatic hydroxyl groups is 1. The Labute approximate surface area is 110 Å². The van der Waals surface area contributed by atoms with E-state index in [1.807, 2.05) is 0 Å². The van der Waals surface area contributed by atoms with Crippen LogP contribution in [0.1, 0.15) is 0 Å². The van der Waals surface area contributed by atoms with Gasteiger partial charge in [0.05, 0.1) is 25.9 Å². The molecular weight excluding hydrogens is 262 g/mol. The van der Waals surface area contributed by atoms with E-state index in [1.54, 1.807) is 7.11 Å². The standard InChI is InChI=1S/C10H19NO6S/c1-16-2-3-17-4-8(13)5-18-6-9(10(14)15)11-7-12/h7-9,13H,2-6H2,1H3,(H,11,12)(H,14,15). The predicted molar refractivity (Wildman–Crippen MR) is 66.7 cm³/mol. The summed E-state index contributed by atoms with van der Waals surface area (Å²) in [7, 11) is 1.56. The van der Waals surface area contributed by atoms with Gasteiger partial charge in [-0.15, -0.1) is 0 Å². The van der Waals surface area contributed by atoms with Crippen molar-refractivity contribution in [2.75, 3.05) is 38.4 Å². The van der Waals surface area contributed by atoms with Gasteiger partial charge in [-0.2, -0.15) is 11.8 Å². The quantitative estimate of drug-likeness (QED) is 0.309. The number of carboxylic acids is 1. The third-order valence-corrected chi connectivity index (χ3v) is 3.09. The third-order valence-electron chi connectivity index (χ3n) is 1.90. The lowest BCUT2D eigenvalue weighted by Gasteiger charge is -2.13. The van der Waals surface area contributed by atoms with Gasteiger partial charge in [-0.05, 0) is 0 Å². The van der Waals surface area contributed by atoms with Crippen molar-refractivity contribution in [2.24, 2.45) is 0 Å². The van der Waals surface area contributed by atoms with Crippen molar-refractivity contribution in [1.82, 2.24) is 5.32 Å². The van der Waals surface area contributed by atoms with E-state index in [1.165, 1.54) is 11.8 Å². The molecule has 0 aromatic carbocycles. The molecule has 0 radical (unpaired) electrons. The maximum Gasteiger partial charge on any atom is 0.327 e. The number of carbonyl (C=O) groups is 2. The Balaban J connectivity index is 3.61. The Morgan fingerprint density at radius 2 is 2.17 bits per heavy atom. The van der Waals surface area contributed by atoms with Crippen LogP contribution in [0, 0.1) is 0 Å². The minimum atomic E-state index is -1.10. The number of carbonyl (C=O) groups excluding carboxylic acids is 1. The topological polar surface area (TPSA) is 105 Å². The molecule has 0 spiro atoms. The van der Waals surface area contributed by atoms with E-state index in [0.717, 1.165) is 0 Å². The van der Waals surface area contributed by atoms with Gasteiger partial charge in [0.2, 0.25) is 6.41 Å². The number of nitrogens with one attached hydrogen (secondary N) is 1. The first-order valence-corrected chi connectivity index (χ1v) is 6.52. The van der Waals surface area contributed by atoms with Gasteiger partial charge in [0.25, 0.3) is 0 Å². The van der Waals surface area contributed by atoms with Crippen LogP contribution in [-0.4, -0.2) is 73.2 Å². The van der Waals surface area contributed by atoms with Gasteiger partial charge in [0.15, 0.2) is 0 Å². The normalized spacial score (nSPS) is 13.9. The molecule has 0 rings (SSSR count). The van der Waals surface area contributed by atoms with Crippen molar-refractivity contribution in [3.63, 3.8) is 0 Å². The largest absolute Gasteiger partial charge is 0.480 e. The molecule has 2 atom stereocenters. The molecule has 18 heavy (non-hydrogen) atoms. The highest BCUT2D eigenvalue weighted by molar-refractivity contribution is 7.99. The van der Waals surface area contributed by atoms with E-state index in [4.69, 9.17) is 14.6 Å². The second kappa shape index (κ2) is 11.3. The molecule has 0 heterocycles. The highest BCUT2D eigenvalue weighted by Crippen LogP contribution is 2.06. The molecule has 0 aliphatic rings. The van der Waals surface area contributed by atoms with Crippen LogP contribution in [0.2, 0.25) is 0 Å². The van der Waals surface area contributed by atoms with Crippen LogP contribution >= 0.6 is 11.8 Å². The first kappa shape index (κ1) is 17.2. The fourth-order valence-corrected chi connectivity index (χ4v) is 1.98. The van der Waals surface area contributed by atoms with E-state index in [2.05, 4.69) is 5.32 Å². The minimum absolute atomic E-state index is 0.176. The van der Waals surface area contributed by atoms with E-state index < -0.39 is 18.1 Å². The summed E-state index contributed by atoms with van der Waals surface area (Å²) in [6.45, 7) is 1.04. The molecule has 0 aliphatic heterocycles. The lowest BCUT2D eigenvalue weighted by atomic mass is 10.3. The summed E-state index contributed by atoms with van der Waals surface area (Å²) < 4.78 is 9.88. The molecule has 0 saturated heterocycles. The van der Waals surface area contributed by atoms with Gasteiger partial charge >= 0.3 is 5.97 Å². The summed E-state index contributed by atoms with van der Waals surface area (Å²) >= 11 is 1.24. The fourth-order valence-electron chi connectivity index (χ4n) is 1.00. The van der Waals surface area contributed by atoms with Gasteiger partial charge in [-0.1, -0.05) is 0 Å². The average molecular weight is 281 g/mol. The number of ether oxygens (including phenoxy) is 2. The molecule has 0 saturated carbocycles. The summed E-state index contributed by atoms with van der Waals surface area (Å²) in [5, 5.41) is 20.4. The Kier molecular flexibility index (Phi) is 10.8. The van der Waals surface area contributed by atoms with Gasteiger partial charge in [0, 0.05) is 18.6 Å². The molecule has 0 bridgehead atoms. The van der Waals surface area contributed by atoms with E-state index >= 15 is 0 Å². The summed E-state index contributed by atoms with van der Waals surface area (Å²) in [5.41, 5.74) is 0. The smallest absolute Gasteiger partial charge is 0.327 e. The number of hydrogen-bond acceptors (Lipinski definition) is 6. The second-order valence-corrected chi connectivity index (χ2v) is 4.51. The number of amides is 1. The fraction of sp³-hybridized carbons (Fsp3) is 0.800. The highest BCUT2D eigenvalue weighted by atomic mass is 32.2. The van der Waals surface area contributed by atoms with E-state index in [0.29, 0.717) is 25.4 Å². The lowest BCUT2D eigenvalue weighted by molar-refractivity contribution is -0.139. The molecule has 0 fully saturated rings. The van der Waals surface area contributed by atoms with Crippen molar-refractivity contribution in [3.8, 4) is 0 Å². The molecule has 0 aliphatic carbocycles. The zero-order chi connectivity index (χ0) is 13.8. The maximum absolute atomic E-state index is 10.7. The minimum Gasteiger partial charge on any atom is -0.480 e. The van der Waals surface area contributed by atoms with Crippen LogP contribution in [0.3, 0.4) is 0 Å². The van der Waals surface area contributed by atoms with Crippen LogP contribution < -0.4 is 5.32 Å². The summed E-state index contributed by atoms with van der Waals surface area (Å²) in [6.07, 6.45) is -0.318. The molecule has 1 amide bonds. The second-order valence-electron chi connectivity index (χ2n) is 3.43. The van der Waals surface area contributed by atoms with Crippen molar-refractivity contribution in [3.05, 3.63) is 0 Å². The lowest BCUT2D eigenvalue weighted by Crippen LogP contribution is -2.38. The molecule has 2 unspecified atom stereocenters. The summed E-state index contributed by atoms with van der Waals surface area (Å²) in [4.78, 5) is 20.8. The number of rotatable bonds is 12. The molecule has 3 N–H and O–H groups in total. The van der Waals surface area contributed by atoms with Crippen molar-refractivity contribution in [2.45, 2.75) is 12.1 Å². The molecule has 7 nitrogen and oxygen atoms in total.